The molecule has 1 saturated carbocycles. The van der Waals surface area contributed by atoms with Gasteiger partial charge in [-0.15, -0.1) is 0 Å². The summed E-state index contributed by atoms with van der Waals surface area (Å²) in [5, 5.41) is 8.26. The van der Waals surface area contributed by atoms with Gasteiger partial charge in [-0.3, -0.25) is 9.78 Å². The first-order valence-electron chi connectivity index (χ1n) is 11.7. The fraction of sp³-hybridized carbons (Fsp3) is 0.231. The van der Waals surface area contributed by atoms with E-state index in [0.717, 1.165) is 12.8 Å². The van der Waals surface area contributed by atoms with Gasteiger partial charge in [0.1, 0.15) is 0 Å². The number of nitrogens with one attached hydrogen (secondary N) is 1. The van der Waals surface area contributed by atoms with Crippen LogP contribution in [-0.2, 0) is 26.5 Å². The lowest BCUT2D eigenvalue weighted by molar-refractivity contribution is -0.115. The topological polar surface area (TPSA) is 115 Å². The van der Waals surface area contributed by atoms with Crippen molar-refractivity contribution < 1.29 is 17.7 Å². The zero-order valence-corrected chi connectivity index (χ0v) is 23.1. The van der Waals surface area contributed by atoms with Gasteiger partial charge in [0, 0.05) is 43.8 Å². The number of pyridine rings is 1. The average Bonchev–Trinajstić information content (AvgIpc) is 3.50. The fourth-order valence-corrected chi connectivity index (χ4v) is 6.07. The van der Waals surface area contributed by atoms with E-state index in [2.05, 4.69) is 20.4 Å². The zero-order valence-electron chi connectivity index (χ0n) is 20.0. The summed E-state index contributed by atoms with van der Waals surface area (Å²) in [5.41, 5.74) is 1.64. The van der Waals surface area contributed by atoms with E-state index in [1.54, 1.807) is 37.3 Å². The van der Waals surface area contributed by atoms with Crippen LogP contribution in [0.4, 0.5) is 5.69 Å². The Morgan fingerprint density at radius 3 is 2.42 bits per heavy atom. The smallest absolute Gasteiger partial charge is 0.258 e. The molecule has 1 fully saturated rings. The Hall–Kier alpha value is -2.98. The number of anilines is 1. The average molecular weight is 592 g/mol. The molecular weight excluding hydrogens is 571 g/mol. The molecule has 1 amide bonds. The molecule has 12 heteroatoms. The normalized spacial score (nSPS) is 14.3. The van der Waals surface area contributed by atoms with Gasteiger partial charge >= 0.3 is 0 Å². The first kappa shape index (κ1) is 26.6. The Kier molecular flexibility index (Phi) is 7.21. The Morgan fingerprint density at radius 2 is 1.82 bits per heavy atom. The number of halogens is 3. The maximum absolute atomic E-state index is 12.6. The second-order valence-electron chi connectivity index (χ2n) is 8.94. The van der Waals surface area contributed by atoms with E-state index in [4.69, 9.17) is 39.3 Å². The lowest BCUT2D eigenvalue weighted by Gasteiger charge is -2.17. The number of carbonyl (C=O) groups is 1. The minimum Gasteiger partial charge on any atom is -0.334 e. The lowest BCUT2D eigenvalue weighted by Crippen LogP contribution is -2.17. The molecule has 0 radical (unpaired) electrons. The number of hydrogen-bond acceptors (Lipinski definition) is 7. The van der Waals surface area contributed by atoms with Crippen molar-refractivity contribution in [2.45, 2.75) is 36.5 Å². The van der Waals surface area contributed by atoms with Crippen molar-refractivity contribution in [1.82, 2.24) is 15.1 Å². The summed E-state index contributed by atoms with van der Waals surface area (Å²) in [6.07, 6.45) is 2.68. The predicted octanol–water partition coefficient (Wildman–Crippen LogP) is 6.15. The Bertz CT molecular complexity index is 1610. The molecule has 0 spiro atoms. The molecule has 1 N–H and O–H groups in total. The van der Waals surface area contributed by atoms with Crippen LogP contribution in [0.25, 0.3) is 11.5 Å². The highest BCUT2D eigenvalue weighted by Crippen LogP contribution is 2.57. The van der Waals surface area contributed by atoms with Crippen molar-refractivity contribution in [1.29, 1.82) is 0 Å². The number of sulfone groups is 1. The number of carbonyl (C=O) groups excluding carboxylic acids is 1. The van der Waals surface area contributed by atoms with Crippen molar-refractivity contribution in [2.75, 3.05) is 11.1 Å². The number of rotatable bonds is 8. The monoisotopic (exact) mass is 590 g/mol. The van der Waals surface area contributed by atoms with Crippen molar-refractivity contribution >= 4 is 56.2 Å². The molecule has 196 valence electrons. The first-order valence-corrected chi connectivity index (χ1v) is 14.5. The molecule has 2 aromatic carbocycles. The van der Waals surface area contributed by atoms with Crippen LogP contribution in [-0.4, -0.2) is 35.2 Å². The van der Waals surface area contributed by atoms with Crippen molar-refractivity contribution in [3.05, 3.63) is 86.9 Å². The minimum absolute atomic E-state index is 0.0247. The van der Waals surface area contributed by atoms with E-state index in [9.17, 15) is 13.2 Å². The molecular formula is C26H21Cl3N4O4S. The molecule has 2 aromatic heterocycles. The van der Waals surface area contributed by atoms with Crippen molar-refractivity contribution in [3.8, 4) is 11.5 Å². The van der Waals surface area contributed by atoms with Gasteiger partial charge in [-0.1, -0.05) is 52.9 Å². The SMILES string of the molecule is CCS(=O)(=O)c1ccc(CC(=O)Nc2cc(Cl)c(C3(c4noc(-c5cccc(Cl)c5)n4)CC3)c(Cl)c2)nc1. The fourth-order valence-electron chi connectivity index (χ4n) is 4.21. The van der Waals surface area contributed by atoms with E-state index in [-0.39, 0.29) is 23.0 Å². The quantitative estimate of drug-likeness (QED) is 0.261. The van der Waals surface area contributed by atoms with E-state index in [0.29, 0.717) is 49.3 Å². The third-order valence-corrected chi connectivity index (χ3v) is 8.91. The molecule has 0 aliphatic heterocycles. The molecule has 2 heterocycles. The number of amides is 1. The van der Waals surface area contributed by atoms with E-state index >= 15 is 0 Å². The summed E-state index contributed by atoms with van der Waals surface area (Å²) in [4.78, 5) is 21.4. The Morgan fingerprint density at radius 1 is 1.08 bits per heavy atom. The second kappa shape index (κ2) is 10.3. The van der Waals surface area contributed by atoms with Crippen molar-refractivity contribution in [3.63, 3.8) is 0 Å². The summed E-state index contributed by atoms with van der Waals surface area (Å²) >= 11 is 19.4. The molecule has 0 bridgehead atoms. The molecule has 8 nitrogen and oxygen atoms in total. The number of benzene rings is 2. The Balaban J connectivity index is 1.32. The maximum atomic E-state index is 12.6. The molecule has 1 aliphatic carbocycles. The van der Waals surface area contributed by atoms with Gasteiger partial charge in [0.2, 0.25) is 5.91 Å². The molecule has 5 rings (SSSR count). The zero-order chi connectivity index (χ0) is 27.1. The molecule has 0 atom stereocenters. The molecule has 38 heavy (non-hydrogen) atoms. The van der Waals surface area contributed by atoms with Crippen LogP contribution in [0.3, 0.4) is 0 Å². The summed E-state index contributed by atoms with van der Waals surface area (Å²) < 4.78 is 29.4. The van der Waals surface area contributed by atoms with Crippen LogP contribution in [0, 0.1) is 0 Å². The van der Waals surface area contributed by atoms with Gasteiger partial charge in [-0.05, 0) is 55.3 Å². The largest absolute Gasteiger partial charge is 0.334 e. The number of aromatic nitrogens is 3. The van der Waals surface area contributed by atoms with Crippen LogP contribution in [0.15, 0.2) is 64.1 Å². The maximum Gasteiger partial charge on any atom is 0.258 e. The second-order valence-corrected chi connectivity index (χ2v) is 12.5. The van der Waals surface area contributed by atoms with E-state index in [1.807, 2.05) is 6.07 Å². The van der Waals surface area contributed by atoms with Crippen LogP contribution in [0.2, 0.25) is 15.1 Å². The third-order valence-electron chi connectivity index (χ3n) is 6.36. The van der Waals surface area contributed by atoms with Gasteiger partial charge in [-0.2, -0.15) is 4.98 Å². The summed E-state index contributed by atoms with van der Waals surface area (Å²) in [6, 6.07) is 13.4. The number of hydrogen-bond donors (Lipinski definition) is 1. The molecule has 1 aliphatic rings. The highest BCUT2D eigenvalue weighted by molar-refractivity contribution is 7.91. The summed E-state index contributed by atoms with van der Waals surface area (Å²) in [5.74, 6) is 0.448. The van der Waals surface area contributed by atoms with E-state index in [1.165, 1.54) is 18.3 Å². The van der Waals surface area contributed by atoms with Gasteiger partial charge in [0.15, 0.2) is 15.7 Å². The highest BCUT2D eigenvalue weighted by atomic mass is 35.5. The van der Waals surface area contributed by atoms with Crippen LogP contribution < -0.4 is 5.32 Å². The molecule has 0 saturated heterocycles. The highest BCUT2D eigenvalue weighted by Gasteiger charge is 2.52. The minimum atomic E-state index is -3.36. The van der Waals surface area contributed by atoms with Crippen LogP contribution in [0.5, 0.6) is 0 Å². The van der Waals surface area contributed by atoms with Gasteiger partial charge in [0.05, 0.1) is 22.5 Å². The third kappa shape index (κ3) is 5.29. The van der Waals surface area contributed by atoms with Crippen molar-refractivity contribution in [2.24, 2.45) is 0 Å². The lowest BCUT2D eigenvalue weighted by atomic mass is 9.94. The van der Waals surface area contributed by atoms with Gasteiger partial charge in [0.25, 0.3) is 5.89 Å². The summed E-state index contributed by atoms with van der Waals surface area (Å²) in [7, 11) is -3.36. The predicted molar refractivity (Wildman–Crippen MR) is 146 cm³/mol. The van der Waals surface area contributed by atoms with Gasteiger partial charge < -0.3 is 9.84 Å². The van der Waals surface area contributed by atoms with Crippen LogP contribution >= 0.6 is 34.8 Å². The molecule has 4 aromatic rings. The summed E-state index contributed by atoms with van der Waals surface area (Å²) in [6.45, 7) is 1.56. The Labute approximate surface area is 234 Å². The van der Waals surface area contributed by atoms with E-state index < -0.39 is 15.3 Å². The first-order chi connectivity index (χ1) is 18.1. The van der Waals surface area contributed by atoms with Crippen LogP contribution in [0.1, 0.15) is 36.8 Å². The number of nitrogens with zero attached hydrogens (tertiary/aromatic N) is 3. The van der Waals surface area contributed by atoms with Gasteiger partial charge in [-0.25, -0.2) is 8.42 Å². The molecule has 0 unspecified atom stereocenters. The standard InChI is InChI=1S/C26H21Cl3N4O4S/c1-2-38(35,36)19-7-6-17(30-14-19)13-22(34)31-18-11-20(28)23(21(29)12-18)26(8-9-26)25-32-24(37-33-25)15-4-3-5-16(27)10-15/h3-7,10-12,14H,2,8-9,13H2,1H3,(H,31,34).